The summed E-state index contributed by atoms with van der Waals surface area (Å²) in [7, 11) is 1.52. The summed E-state index contributed by atoms with van der Waals surface area (Å²) in [6, 6.07) is 3.69. The number of anilines is 1. The fraction of sp³-hybridized carbons (Fsp3) is 0.727. The Bertz CT molecular complexity index is 768. The molecule has 7 nitrogen and oxygen atoms in total. The minimum atomic E-state index is -0.318. The average Bonchev–Trinajstić information content (AvgIpc) is 3.37. The molecule has 3 saturated heterocycles. The first kappa shape index (κ1) is 21.7. The van der Waals surface area contributed by atoms with Crippen LogP contribution in [-0.2, 0) is 0 Å². The molecule has 30 heavy (non-hydrogen) atoms. The number of ether oxygens (including phenoxy) is 1. The van der Waals surface area contributed by atoms with Gasteiger partial charge in [0.05, 0.1) is 12.0 Å². The number of piperidine rings is 1. The van der Waals surface area contributed by atoms with Gasteiger partial charge in [-0.1, -0.05) is 0 Å². The largest absolute Gasteiger partial charge is 0.490 e. The molecule has 5 rings (SSSR count). The molecular weight excluding hydrogens is 404 g/mol. The van der Waals surface area contributed by atoms with Crippen molar-refractivity contribution in [1.82, 2.24) is 10.2 Å². The first-order chi connectivity index (χ1) is 14.1. The van der Waals surface area contributed by atoms with E-state index < -0.39 is 0 Å². The van der Waals surface area contributed by atoms with Gasteiger partial charge in [-0.15, -0.1) is 12.4 Å². The second kappa shape index (κ2) is 8.89. The van der Waals surface area contributed by atoms with Crippen molar-refractivity contribution in [2.24, 2.45) is 17.8 Å². The van der Waals surface area contributed by atoms with Crippen LogP contribution in [0.25, 0.3) is 0 Å². The van der Waals surface area contributed by atoms with E-state index in [0.717, 1.165) is 54.9 Å². The van der Waals surface area contributed by atoms with Gasteiger partial charge in [-0.2, -0.15) is 0 Å². The van der Waals surface area contributed by atoms with Gasteiger partial charge in [0, 0.05) is 50.5 Å². The molecule has 2 atom stereocenters. The number of nitro groups is 1. The molecule has 0 spiro atoms. The second-order valence-electron chi connectivity index (χ2n) is 9.44. The Morgan fingerprint density at radius 1 is 1.13 bits per heavy atom. The maximum Gasteiger partial charge on any atom is 0.311 e. The van der Waals surface area contributed by atoms with Crippen LogP contribution >= 0.6 is 12.4 Å². The van der Waals surface area contributed by atoms with Gasteiger partial charge in [0.15, 0.2) is 5.75 Å². The predicted octanol–water partition coefficient (Wildman–Crippen LogP) is 3.27. The van der Waals surface area contributed by atoms with Gasteiger partial charge in [0.1, 0.15) is 0 Å². The first-order valence-corrected chi connectivity index (χ1v) is 11.2. The highest BCUT2D eigenvalue weighted by atomic mass is 35.5. The second-order valence-corrected chi connectivity index (χ2v) is 9.44. The lowest BCUT2D eigenvalue weighted by atomic mass is 9.94. The summed E-state index contributed by atoms with van der Waals surface area (Å²) in [6.07, 6.45) is 4.68. The van der Waals surface area contributed by atoms with Crippen molar-refractivity contribution >= 4 is 23.8 Å². The van der Waals surface area contributed by atoms with Crippen LogP contribution in [0.1, 0.15) is 37.2 Å². The third-order valence-electron chi connectivity index (χ3n) is 7.48. The third-order valence-corrected chi connectivity index (χ3v) is 7.48. The number of benzene rings is 1. The van der Waals surface area contributed by atoms with Crippen LogP contribution in [0.3, 0.4) is 0 Å². The Kier molecular flexibility index (Phi) is 6.42. The van der Waals surface area contributed by atoms with Crippen molar-refractivity contribution < 1.29 is 9.66 Å². The Morgan fingerprint density at radius 3 is 2.37 bits per heavy atom. The van der Waals surface area contributed by atoms with Gasteiger partial charge in [-0.25, -0.2) is 0 Å². The standard InChI is InChI=1S/C22H32N4O3.ClH/c1-29-22-9-20(19(16-2-3-16)8-21(22)26(27)28)25-6-4-15(5-7-25)12-24-13-17-10-23-11-18(17)14-24;/h8-9,15-18,23H,2-7,10-14H2,1H3;1H. The highest BCUT2D eigenvalue weighted by molar-refractivity contribution is 5.85. The van der Waals surface area contributed by atoms with Gasteiger partial charge in [-0.05, 0) is 68.0 Å². The number of hydrogen-bond donors (Lipinski definition) is 1. The summed E-state index contributed by atoms with van der Waals surface area (Å²) in [5, 5.41) is 15.0. The van der Waals surface area contributed by atoms with Crippen molar-refractivity contribution in [2.75, 3.05) is 57.8 Å². The molecular formula is C22H33ClN4O3. The summed E-state index contributed by atoms with van der Waals surface area (Å²) in [6.45, 7) is 8.24. The number of rotatable bonds is 6. The zero-order valence-corrected chi connectivity index (χ0v) is 18.5. The van der Waals surface area contributed by atoms with E-state index in [1.165, 1.54) is 52.7 Å². The quantitative estimate of drug-likeness (QED) is 0.545. The van der Waals surface area contributed by atoms with E-state index in [9.17, 15) is 10.1 Å². The number of halogens is 1. The maximum absolute atomic E-state index is 11.4. The zero-order valence-electron chi connectivity index (χ0n) is 17.7. The number of hydrogen-bond acceptors (Lipinski definition) is 6. The minimum absolute atomic E-state index is 0. The topological polar surface area (TPSA) is 70.9 Å². The van der Waals surface area contributed by atoms with Crippen molar-refractivity contribution in [2.45, 2.75) is 31.6 Å². The van der Waals surface area contributed by atoms with E-state index in [1.807, 2.05) is 6.07 Å². The fourth-order valence-electron chi connectivity index (χ4n) is 5.70. The van der Waals surface area contributed by atoms with Crippen molar-refractivity contribution in [3.8, 4) is 5.75 Å². The van der Waals surface area contributed by atoms with Crippen LogP contribution in [-0.4, -0.2) is 62.7 Å². The van der Waals surface area contributed by atoms with Crippen LogP contribution in [0.4, 0.5) is 11.4 Å². The number of nitro benzene ring substituents is 1. The van der Waals surface area contributed by atoms with E-state index in [4.69, 9.17) is 4.74 Å². The van der Waals surface area contributed by atoms with Crippen molar-refractivity contribution in [3.05, 3.63) is 27.8 Å². The predicted molar refractivity (Wildman–Crippen MR) is 120 cm³/mol. The molecule has 8 heteroatoms. The highest BCUT2D eigenvalue weighted by Crippen LogP contribution is 2.48. The average molecular weight is 437 g/mol. The lowest BCUT2D eigenvalue weighted by Crippen LogP contribution is -2.39. The molecule has 3 aliphatic heterocycles. The molecule has 4 fully saturated rings. The Labute approximate surface area is 184 Å². The molecule has 1 aromatic rings. The van der Waals surface area contributed by atoms with Crippen molar-refractivity contribution in [3.63, 3.8) is 0 Å². The van der Waals surface area contributed by atoms with E-state index in [1.54, 1.807) is 6.07 Å². The molecule has 1 N–H and O–H groups in total. The molecule has 1 saturated carbocycles. The molecule has 4 aliphatic rings. The maximum atomic E-state index is 11.4. The summed E-state index contributed by atoms with van der Waals surface area (Å²) in [5.74, 6) is 3.36. The normalized spacial score (nSPS) is 27.0. The lowest BCUT2D eigenvalue weighted by molar-refractivity contribution is -0.385. The Hall–Kier alpha value is -1.57. The van der Waals surface area contributed by atoms with Gasteiger partial charge in [0.2, 0.25) is 0 Å². The van der Waals surface area contributed by atoms with Crippen molar-refractivity contribution in [1.29, 1.82) is 0 Å². The van der Waals surface area contributed by atoms with Crippen LogP contribution in [0.2, 0.25) is 0 Å². The molecule has 1 aliphatic carbocycles. The van der Waals surface area contributed by atoms with Gasteiger partial charge in [0.25, 0.3) is 0 Å². The summed E-state index contributed by atoms with van der Waals surface area (Å²) < 4.78 is 5.36. The smallest absolute Gasteiger partial charge is 0.311 e. The van der Waals surface area contributed by atoms with E-state index in [-0.39, 0.29) is 23.0 Å². The van der Waals surface area contributed by atoms with Gasteiger partial charge in [-0.3, -0.25) is 10.1 Å². The number of likely N-dealkylation sites (tertiary alicyclic amines) is 1. The van der Waals surface area contributed by atoms with E-state index >= 15 is 0 Å². The summed E-state index contributed by atoms with van der Waals surface area (Å²) >= 11 is 0. The van der Waals surface area contributed by atoms with Crippen LogP contribution in [0.5, 0.6) is 5.75 Å². The zero-order chi connectivity index (χ0) is 20.0. The highest BCUT2D eigenvalue weighted by Gasteiger charge is 2.37. The molecule has 2 unspecified atom stereocenters. The van der Waals surface area contributed by atoms with Gasteiger partial charge >= 0.3 is 5.69 Å². The Morgan fingerprint density at radius 2 is 1.80 bits per heavy atom. The Balaban J connectivity index is 0.00000218. The molecule has 0 amide bonds. The minimum Gasteiger partial charge on any atom is -0.490 e. The summed E-state index contributed by atoms with van der Waals surface area (Å²) in [4.78, 5) is 16.3. The van der Waals surface area contributed by atoms with E-state index in [2.05, 4.69) is 15.1 Å². The van der Waals surface area contributed by atoms with Gasteiger partial charge < -0.3 is 19.9 Å². The SMILES string of the molecule is COc1cc(N2CCC(CN3CC4CNCC4C3)CC2)c(C2CC2)cc1[N+](=O)[O-].Cl. The summed E-state index contributed by atoms with van der Waals surface area (Å²) in [5.41, 5.74) is 2.41. The number of fused-ring (bicyclic) bond motifs is 1. The van der Waals surface area contributed by atoms with Crippen LogP contribution in [0.15, 0.2) is 12.1 Å². The number of methoxy groups -OCH3 is 1. The fourth-order valence-corrected chi connectivity index (χ4v) is 5.70. The van der Waals surface area contributed by atoms with Crippen LogP contribution < -0.4 is 15.0 Å². The molecule has 166 valence electrons. The molecule has 3 heterocycles. The van der Waals surface area contributed by atoms with Crippen LogP contribution in [0, 0.1) is 27.9 Å². The molecule has 0 bridgehead atoms. The lowest BCUT2D eigenvalue weighted by Gasteiger charge is -2.36. The molecule has 0 radical (unpaired) electrons. The number of nitrogens with zero attached hydrogens (tertiary/aromatic N) is 3. The monoisotopic (exact) mass is 436 g/mol. The molecule has 0 aromatic heterocycles. The number of nitrogens with one attached hydrogen (secondary N) is 1. The van der Waals surface area contributed by atoms with E-state index in [0.29, 0.717) is 11.7 Å². The first-order valence-electron chi connectivity index (χ1n) is 11.2. The molecule has 1 aromatic carbocycles. The third kappa shape index (κ3) is 4.25.